The predicted molar refractivity (Wildman–Crippen MR) is 134 cm³/mol. The summed E-state index contributed by atoms with van der Waals surface area (Å²) in [4.78, 5) is 11.7. The van der Waals surface area contributed by atoms with Crippen molar-refractivity contribution in [1.29, 1.82) is 0 Å². The third-order valence-electron chi connectivity index (χ3n) is 6.24. The van der Waals surface area contributed by atoms with E-state index >= 15 is 0 Å². The molecule has 1 atom stereocenters. The molecule has 3 heterocycles. The molecular weight excluding hydrogens is 449 g/mol. The third-order valence-corrected chi connectivity index (χ3v) is 6.88. The monoisotopic (exact) mass is 477 g/mol. The Bertz CT molecular complexity index is 1220. The molecule has 0 amide bonds. The Balaban J connectivity index is 1.43. The number of aromatic nitrogens is 3. The van der Waals surface area contributed by atoms with Crippen molar-refractivity contribution in [3.05, 3.63) is 82.3 Å². The zero-order valence-electron chi connectivity index (χ0n) is 19.4. The molecular formula is C26H28FN5OS. The van der Waals surface area contributed by atoms with E-state index in [-0.39, 0.29) is 12.0 Å². The lowest BCUT2D eigenvalue weighted by Crippen LogP contribution is -2.42. The van der Waals surface area contributed by atoms with Crippen molar-refractivity contribution in [2.24, 2.45) is 0 Å². The van der Waals surface area contributed by atoms with Crippen LogP contribution in [0.3, 0.4) is 0 Å². The van der Waals surface area contributed by atoms with Crippen molar-refractivity contribution in [2.45, 2.75) is 39.1 Å². The maximum Gasteiger partial charge on any atom is 0.138 e. The highest BCUT2D eigenvalue weighted by molar-refractivity contribution is 7.07. The maximum atomic E-state index is 13.6. The molecule has 5 rings (SSSR count). The molecule has 1 aliphatic heterocycles. The van der Waals surface area contributed by atoms with Gasteiger partial charge in [0.1, 0.15) is 29.4 Å². The van der Waals surface area contributed by atoms with Crippen LogP contribution < -0.4 is 5.32 Å². The molecule has 0 radical (unpaired) electrons. The average Bonchev–Trinajstić information content (AvgIpc) is 3.49. The number of imidazole rings is 1. The minimum atomic E-state index is -0.255. The highest BCUT2D eigenvalue weighted by Crippen LogP contribution is 2.34. The van der Waals surface area contributed by atoms with E-state index in [4.69, 9.17) is 9.72 Å². The number of hydrogen-bond donors (Lipinski definition) is 1. The largest absolute Gasteiger partial charge is 0.366 e. The summed E-state index contributed by atoms with van der Waals surface area (Å²) in [6.07, 6.45) is 1.75. The highest BCUT2D eigenvalue weighted by atomic mass is 32.1. The number of hydrogen-bond acceptors (Lipinski definition) is 6. The van der Waals surface area contributed by atoms with Crippen LogP contribution in [-0.4, -0.2) is 39.3 Å². The fraction of sp³-hybridized carbons (Fsp3) is 0.308. The van der Waals surface area contributed by atoms with Crippen LogP contribution in [0.2, 0.25) is 0 Å². The lowest BCUT2D eigenvalue weighted by molar-refractivity contribution is -0.0511. The van der Waals surface area contributed by atoms with Crippen LogP contribution in [0.4, 0.5) is 15.9 Å². The molecule has 1 aliphatic rings. The lowest BCUT2D eigenvalue weighted by atomic mass is 10.1. The van der Waals surface area contributed by atoms with Crippen molar-refractivity contribution in [3.63, 3.8) is 0 Å². The SMILES string of the molecule is COC(CCc1cscn1)N1CCn2c(nc(-c3ccc(F)cc3)c2Nc2ccc(C)cc2)C1. The fourth-order valence-corrected chi connectivity index (χ4v) is 4.98. The summed E-state index contributed by atoms with van der Waals surface area (Å²) >= 11 is 1.62. The summed E-state index contributed by atoms with van der Waals surface area (Å²) < 4.78 is 21.7. The number of fused-ring (bicyclic) bond motifs is 1. The normalized spacial score (nSPS) is 14.7. The Morgan fingerprint density at radius 2 is 1.91 bits per heavy atom. The van der Waals surface area contributed by atoms with Gasteiger partial charge >= 0.3 is 0 Å². The second kappa shape index (κ2) is 10.0. The molecule has 0 saturated carbocycles. The molecule has 2 aromatic carbocycles. The zero-order chi connectivity index (χ0) is 23.5. The molecule has 0 fully saturated rings. The summed E-state index contributed by atoms with van der Waals surface area (Å²) in [5.74, 6) is 1.65. The third kappa shape index (κ3) is 4.89. The van der Waals surface area contributed by atoms with E-state index < -0.39 is 0 Å². The number of methoxy groups -OCH3 is 1. The standard InChI is InChI=1S/C26H28FN5OS/c1-18-3-9-21(10-4-18)29-26-25(19-5-7-20(27)8-6-19)30-23-15-31(13-14-32(23)26)24(33-2)12-11-22-16-34-17-28-22/h3-10,16-17,24,29H,11-15H2,1-2H3. The van der Waals surface area contributed by atoms with Crippen molar-refractivity contribution in [3.8, 4) is 11.3 Å². The number of ether oxygens (including phenoxy) is 1. The fourth-order valence-electron chi connectivity index (χ4n) is 4.39. The number of nitrogens with one attached hydrogen (secondary N) is 1. The number of thiazole rings is 1. The van der Waals surface area contributed by atoms with Gasteiger partial charge in [0.2, 0.25) is 0 Å². The van der Waals surface area contributed by atoms with Crippen LogP contribution in [0.25, 0.3) is 11.3 Å². The summed E-state index contributed by atoms with van der Waals surface area (Å²) in [6, 6.07) is 14.8. The van der Waals surface area contributed by atoms with Gasteiger partial charge < -0.3 is 14.6 Å². The second-order valence-corrected chi connectivity index (χ2v) is 9.27. The number of benzene rings is 2. The highest BCUT2D eigenvalue weighted by Gasteiger charge is 2.28. The van der Waals surface area contributed by atoms with Crippen molar-refractivity contribution < 1.29 is 9.13 Å². The van der Waals surface area contributed by atoms with Crippen LogP contribution in [-0.2, 0) is 24.2 Å². The van der Waals surface area contributed by atoms with Crippen LogP contribution >= 0.6 is 11.3 Å². The number of rotatable bonds is 8. The lowest BCUT2D eigenvalue weighted by Gasteiger charge is -2.34. The van der Waals surface area contributed by atoms with Gasteiger partial charge in [0.05, 0.1) is 17.7 Å². The quantitative estimate of drug-likeness (QED) is 0.357. The van der Waals surface area contributed by atoms with E-state index in [1.807, 2.05) is 5.51 Å². The van der Waals surface area contributed by atoms with E-state index in [9.17, 15) is 4.39 Å². The maximum absolute atomic E-state index is 13.6. The number of aryl methyl sites for hydroxylation is 2. The molecule has 0 aliphatic carbocycles. The molecule has 34 heavy (non-hydrogen) atoms. The summed E-state index contributed by atoms with van der Waals surface area (Å²) in [5, 5.41) is 5.66. The Hall–Kier alpha value is -3.07. The van der Waals surface area contributed by atoms with Gasteiger partial charge in [-0.1, -0.05) is 17.7 Å². The molecule has 0 saturated heterocycles. The van der Waals surface area contributed by atoms with Crippen molar-refractivity contribution >= 4 is 22.8 Å². The van der Waals surface area contributed by atoms with Crippen molar-refractivity contribution in [1.82, 2.24) is 19.4 Å². The minimum Gasteiger partial charge on any atom is -0.366 e. The molecule has 1 unspecified atom stereocenters. The molecule has 176 valence electrons. The Kier molecular flexibility index (Phi) is 6.71. The number of anilines is 2. The van der Waals surface area contributed by atoms with Gasteiger partial charge in [-0.2, -0.15) is 0 Å². The predicted octanol–water partition coefficient (Wildman–Crippen LogP) is 5.62. The van der Waals surface area contributed by atoms with Crippen LogP contribution in [0.5, 0.6) is 0 Å². The van der Waals surface area contributed by atoms with Gasteiger partial charge in [-0.3, -0.25) is 4.90 Å². The van der Waals surface area contributed by atoms with Crippen LogP contribution in [0.15, 0.2) is 59.4 Å². The summed E-state index contributed by atoms with van der Waals surface area (Å²) in [6.45, 7) is 4.39. The van der Waals surface area contributed by atoms with Crippen LogP contribution in [0.1, 0.15) is 23.5 Å². The zero-order valence-corrected chi connectivity index (χ0v) is 20.2. The molecule has 2 aromatic heterocycles. The van der Waals surface area contributed by atoms with Gasteiger partial charge in [0, 0.05) is 36.8 Å². The van der Waals surface area contributed by atoms with Gasteiger partial charge in [-0.15, -0.1) is 11.3 Å². The first kappa shape index (κ1) is 22.7. The Morgan fingerprint density at radius 3 is 2.62 bits per heavy atom. The van der Waals surface area contributed by atoms with E-state index in [1.54, 1.807) is 30.6 Å². The van der Waals surface area contributed by atoms with Gasteiger partial charge in [-0.25, -0.2) is 14.4 Å². The molecule has 4 aromatic rings. The van der Waals surface area contributed by atoms with Gasteiger partial charge in [0.25, 0.3) is 0 Å². The van der Waals surface area contributed by atoms with Crippen molar-refractivity contribution in [2.75, 3.05) is 19.0 Å². The molecule has 6 nitrogen and oxygen atoms in total. The van der Waals surface area contributed by atoms with Gasteiger partial charge in [0.15, 0.2) is 0 Å². The van der Waals surface area contributed by atoms with E-state index in [0.717, 1.165) is 60.2 Å². The smallest absolute Gasteiger partial charge is 0.138 e. The Morgan fingerprint density at radius 1 is 1.12 bits per heavy atom. The molecule has 0 spiro atoms. The molecule has 0 bridgehead atoms. The topological polar surface area (TPSA) is 55.2 Å². The minimum absolute atomic E-state index is 0.00470. The summed E-state index contributed by atoms with van der Waals surface area (Å²) in [5.41, 5.74) is 6.89. The second-order valence-electron chi connectivity index (χ2n) is 8.55. The first-order chi connectivity index (χ1) is 16.6. The first-order valence-electron chi connectivity index (χ1n) is 11.4. The Labute approximate surface area is 203 Å². The number of halogens is 1. The first-order valence-corrected chi connectivity index (χ1v) is 12.4. The van der Waals surface area contributed by atoms with Crippen LogP contribution in [0, 0.1) is 12.7 Å². The van der Waals surface area contributed by atoms with Gasteiger partial charge in [-0.05, 0) is 56.2 Å². The number of nitrogens with zero attached hydrogens (tertiary/aromatic N) is 4. The van der Waals surface area contributed by atoms with E-state index in [0.29, 0.717) is 6.54 Å². The van der Waals surface area contributed by atoms with E-state index in [2.05, 4.69) is 56.3 Å². The molecule has 8 heteroatoms. The average molecular weight is 478 g/mol. The van der Waals surface area contributed by atoms with E-state index in [1.165, 1.54) is 17.7 Å². The molecule has 1 N–H and O–H groups in total. The summed E-state index contributed by atoms with van der Waals surface area (Å²) in [7, 11) is 1.76.